The predicted molar refractivity (Wildman–Crippen MR) is 127 cm³/mol. The van der Waals surface area contributed by atoms with E-state index in [9.17, 15) is 15.3 Å². The number of aromatic nitrogens is 1. The van der Waals surface area contributed by atoms with Gasteiger partial charge >= 0.3 is 0 Å². The van der Waals surface area contributed by atoms with E-state index in [-0.39, 0.29) is 17.0 Å². The molecule has 5 rings (SSSR count). The molecule has 0 unspecified atom stereocenters. The van der Waals surface area contributed by atoms with E-state index in [1.54, 1.807) is 12.2 Å². The van der Waals surface area contributed by atoms with Crippen molar-refractivity contribution in [2.75, 3.05) is 0 Å². The van der Waals surface area contributed by atoms with E-state index in [2.05, 4.69) is 17.7 Å². The first-order valence-corrected chi connectivity index (χ1v) is 10.1. The van der Waals surface area contributed by atoms with Gasteiger partial charge < -0.3 is 19.9 Å². The van der Waals surface area contributed by atoms with Crippen molar-refractivity contribution in [2.24, 2.45) is 0 Å². The van der Waals surface area contributed by atoms with Crippen LogP contribution >= 0.6 is 11.3 Å². The SMILES string of the molecule is [B]c1c(O)c(O)c2sc3c(ccc4c(C=C)c(C=C)n(-c5ccccc5)c43)c2c1O. The summed E-state index contributed by atoms with van der Waals surface area (Å²) in [6.45, 7) is 7.98. The number of nitrogens with zero attached hydrogens (tertiary/aromatic N) is 1. The minimum atomic E-state index is -0.514. The summed E-state index contributed by atoms with van der Waals surface area (Å²) in [5, 5.41) is 33.4. The van der Waals surface area contributed by atoms with Gasteiger partial charge in [0, 0.05) is 27.4 Å². The van der Waals surface area contributed by atoms with E-state index in [0.717, 1.165) is 37.9 Å². The Bertz CT molecular complexity index is 1510. The van der Waals surface area contributed by atoms with E-state index < -0.39 is 5.75 Å². The Kier molecular flexibility index (Phi) is 3.95. The van der Waals surface area contributed by atoms with E-state index >= 15 is 0 Å². The first-order chi connectivity index (χ1) is 14.5. The zero-order chi connectivity index (χ0) is 21.2. The molecule has 30 heavy (non-hydrogen) atoms. The van der Waals surface area contributed by atoms with Gasteiger partial charge in [0.1, 0.15) is 13.6 Å². The summed E-state index contributed by atoms with van der Waals surface area (Å²) in [6, 6.07) is 13.7. The zero-order valence-electron chi connectivity index (χ0n) is 15.9. The molecule has 144 valence electrons. The molecule has 3 aromatic carbocycles. The summed E-state index contributed by atoms with van der Waals surface area (Å²) in [5.41, 5.74) is 3.45. The molecule has 5 aromatic rings. The lowest BCUT2D eigenvalue weighted by atomic mass is 9.91. The Morgan fingerprint density at radius 3 is 2.20 bits per heavy atom. The molecule has 0 spiro atoms. The highest BCUT2D eigenvalue weighted by Gasteiger charge is 2.24. The molecule has 6 heteroatoms. The maximum Gasteiger partial charge on any atom is 0.175 e. The van der Waals surface area contributed by atoms with Crippen molar-refractivity contribution in [1.82, 2.24) is 4.57 Å². The van der Waals surface area contributed by atoms with Crippen molar-refractivity contribution in [3.8, 4) is 22.9 Å². The standard InChI is InChI=1S/C24H16BNO3S/c1-3-13-14-10-11-15-17-20(27)18(25)21(28)22(29)24(17)30-23(15)19(14)26(16(13)4-2)12-8-6-5-7-9-12/h3-11,27-29H,1-2H2. The largest absolute Gasteiger partial charge is 0.508 e. The molecule has 0 saturated heterocycles. The molecule has 0 bridgehead atoms. The molecule has 0 aliphatic rings. The van der Waals surface area contributed by atoms with Crippen LogP contribution in [0.3, 0.4) is 0 Å². The van der Waals surface area contributed by atoms with Gasteiger partial charge in [-0.15, -0.1) is 11.3 Å². The average molecular weight is 409 g/mol. The molecule has 2 radical (unpaired) electrons. The third kappa shape index (κ3) is 2.22. The van der Waals surface area contributed by atoms with Gasteiger partial charge in [-0.05, 0) is 23.7 Å². The number of hydrogen-bond acceptors (Lipinski definition) is 4. The van der Waals surface area contributed by atoms with Crippen molar-refractivity contribution in [3.63, 3.8) is 0 Å². The van der Waals surface area contributed by atoms with Crippen molar-refractivity contribution in [2.45, 2.75) is 0 Å². The van der Waals surface area contributed by atoms with Crippen LogP contribution in [0.15, 0.2) is 55.6 Å². The third-order valence-corrected chi connectivity index (χ3v) is 6.68. The predicted octanol–water partition coefficient (Wildman–Crippen LogP) is 5.20. The van der Waals surface area contributed by atoms with Crippen molar-refractivity contribution >= 4 is 67.9 Å². The lowest BCUT2D eigenvalue weighted by Crippen LogP contribution is -2.03. The van der Waals surface area contributed by atoms with Crippen molar-refractivity contribution in [1.29, 1.82) is 0 Å². The number of phenolic OH excluding ortho intramolecular Hbond substituents is 3. The molecule has 2 heterocycles. The van der Waals surface area contributed by atoms with Gasteiger partial charge in [-0.2, -0.15) is 0 Å². The number of hydrogen-bond donors (Lipinski definition) is 3. The fraction of sp³-hybridized carbons (Fsp3) is 0. The number of benzene rings is 3. The van der Waals surface area contributed by atoms with Crippen LogP contribution in [-0.4, -0.2) is 27.7 Å². The van der Waals surface area contributed by atoms with Gasteiger partial charge in [-0.25, -0.2) is 0 Å². The Hall–Kier alpha value is -3.64. The van der Waals surface area contributed by atoms with Crippen LogP contribution in [0.2, 0.25) is 0 Å². The van der Waals surface area contributed by atoms with Gasteiger partial charge in [0.05, 0.1) is 20.6 Å². The van der Waals surface area contributed by atoms with Crippen LogP contribution in [0.4, 0.5) is 0 Å². The fourth-order valence-electron chi connectivity index (χ4n) is 4.11. The molecule has 4 nitrogen and oxygen atoms in total. The van der Waals surface area contributed by atoms with E-state index in [0.29, 0.717) is 10.1 Å². The van der Waals surface area contributed by atoms with Gasteiger partial charge in [0.25, 0.3) is 0 Å². The van der Waals surface area contributed by atoms with Gasteiger partial charge in [0.2, 0.25) is 0 Å². The number of rotatable bonds is 3. The fourth-order valence-corrected chi connectivity index (χ4v) is 5.39. The highest BCUT2D eigenvalue weighted by Crippen LogP contribution is 2.49. The molecular weight excluding hydrogens is 393 g/mol. The van der Waals surface area contributed by atoms with Crippen LogP contribution in [0.25, 0.3) is 48.9 Å². The Morgan fingerprint density at radius 1 is 0.833 bits per heavy atom. The van der Waals surface area contributed by atoms with Crippen molar-refractivity contribution < 1.29 is 15.3 Å². The van der Waals surface area contributed by atoms with Crippen LogP contribution < -0.4 is 5.46 Å². The van der Waals surface area contributed by atoms with Gasteiger partial charge in [0.15, 0.2) is 11.5 Å². The normalized spacial score (nSPS) is 11.5. The maximum atomic E-state index is 10.6. The molecule has 0 aliphatic heterocycles. The van der Waals surface area contributed by atoms with E-state index in [1.165, 1.54) is 11.3 Å². The van der Waals surface area contributed by atoms with Crippen LogP contribution in [0.1, 0.15) is 11.3 Å². The number of fused-ring (bicyclic) bond motifs is 5. The second-order valence-corrected chi connectivity index (χ2v) is 8.00. The number of aromatic hydroxyl groups is 3. The summed E-state index contributed by atoms with van der Waals surface area (Å²) < 4.78 is 3.31. The molecule has 3 N–H and O–H groups in total. The number of phenols is 3. The topological polar surface area (TPSA) is 65.6 Å². The second kappa shape index (κ2) is 6.44. The van der Waals surface area contributed by atoms with Gasteiger partial charge in [-0.1, -0.05) is 49.6 Å². The summed E-state index contributed by atoms with van der Waals surface area (Å²) in [4.78, 5) is 0. The summed E-state index contributed by atoms with van der Waals surface area (Å²) in [7, 11) is 5.82. The molecule has 2 aromatic heterocycles. The maximum absolute atomic E-state index is 10.6. The quantitative estimate of drug-likeness (QED) is 0.218. The average Bonchev–Trinajstić information content (AvgIpc) is 3.32. The molecule has 0 atom stereocenters. The Balaban J connectivity index is 2.09. The summed E-state index contributed by atoms with van der Waals surface area (Å²) >= 11 is 1.29. The van der Waals surface area contributed by atoms with Crippen LogP contribution in [0.5, 0.6) is 17.2 Å². The minimum absolute atomic E-state index is 0.239. The first-order valence-electron chi connectivity index (χ1n) is 9.25. The summed E-state index contributed by atoms with van der Waals surface area (Å²) in [6.07, 6.45) is 3.60. The second-order valence-electron chi connectivity index (χ2n) is 6.98. The first kappa shape index (κ1) is 18.4. The number of thiophene rings is 1. The van der Waals surface area contributed by atoms with E-state index in [4.69, 9.17) is 7.85 Å². The molecule has 0 saturated carbocycles. The lowest BCUT2D eigenvalue weighted by molar-refractivity contribution is 0.407. The lowest BCUT2D eigenvalue weighted by Gasteiger charge is -2.09. The minimum Gasteiger partial charge on any atom is -0.508 e. The highest BCUT2D eigenvalue weighted by atomic mass is 32.1. The van der Waals surface area contributed by atoms with E-state index in [1.807, 2.05) is 42.5 Å². The molecule has 0 amide bonds. The third-order valence-electron chi connectivity index (χ3n) is 5.46. The smallest absolute Gasteiger partial charge is 0.175 e. The van der Waals surface area contributed by atoms with Crippen molar-refractivity contribution in [3.05, 3.63) is 66.9 Å². The highest BCUT2D eigenvalue weighted by molar-refractivity contribution is 7.27. The Labute approximate surface area is 177 Å². The van der Waals surface area contributed by atoms with Crippen LogP contribution in [0, 0.1) is 0 Å². The molecule has 0 aliphatic carbocycles. The Morgan fingerprint density at radius 2 is 1.53 bits per heavy atom. The summed E-state index contributed by atoms with van der Waals surface area (Å²) in [5.74, 6) is -1.09. The van der Waals surface area contributed by atoms with Gasteiger partial charge in [-0.3, -0.25) is 0 Å². The molecule has 0 fully saturated rings. The molecular formula is C24H16BNO3S. The zero-order valence-corrected chi connectivity index (χ0v) is 16.7. The monoisotopic (exact) mass is 409 g/mol. The van der Waals surface area contributed by atoms with Crippen LogP contribution in [-0.2, 0) is 0 Å². The number of para-hydroxylation sites is 1.